The van der Waals surface area contributed by atoms with Crippen LogP contribution in [0.25, 0.3) is 5.70 Å². The van der Waals surface area contributed by atoms with Crippen molar-refractivity contribution in [2.75, 3.05) is 10.6 Å². The smallest absolute Gasteiger partial charge is 0.261 e. The van der Waals surface area contributed by atoms with Crippen molar-refractivity contribution in [1.29, 1.82) is 0 Å². The lowest BCUT2D eigenvalue weighted by Crippen LogP contribution is -2.22. The standard InChI is InChI=1S/C28H24Cl2N4O/c1-3-18-9-11-19(12-10-18)25-15-26(21-6-4-5-7-23(21)30)34-27(32-25)22(16-31-34)28(35)33-24-14-20(29)13-8-17(24)2/h4-16,26,32H,3H2,1-2H3,(H,33,35)/t26-/m0/s1. The number of hydrogen-bond donors (Lipinski definition) is 2. The monoisotopic (exact) mass is 502 g/mol. The molecule has 0 saturated heterocycles. The fraction of sp³-hybridized carbons (Fsp3) is 0.143. The van der Waals surface area contributed by atoms with Crippen LogP contribution in [-0.4, -0.2) is 15.7 Å². The molecule has 1 amide bonds. The first-order valence-electron chi connectivity index (χ1n) is 11.4. The highest BCUT2D eigenvalue weighted by atomic mass is 35.5. The number of allylic oxidation sites excluding steroid dienone is 1. The van der Waals surface area contributed by atoms with Crippen molar-refractivity contribution in [2.24, 2.45) is 0 Å². The lowest BCUT2D eigenvalue weighted by atomic mass is 10.00. The van der Waals surface area contributed by atoms with Crippen molar-refractivity contribution in [3.63, 3.8) is 0 Å². The molecule has 5 rings (SSSR count). The zero-order valence-electron chi connectivity index (χ0n) is 19.3. The van der Waals surface area contributed by atoms with E-state index in [0.29, 0.717) is 27.1 Å². The number of aryl methyl sites for hydroxylation is 2. The predicted molar refractivity (Wildman–Crippen MR) is 143 cm³/mol. The summed E-state index contributed by atoms with van der Waals surface area (Å²) in [5.74, 6) is 0.328. The van der Waals surface area contributed by atoms with Crippen molar-refractivity contribution in [1.82, 2.24) is 9.78 Å². The lowest BCUT2D eigenvalue weighted by molar-refractivity contribution is 0.102. The highest BCUT2D eigenvalue weighted by Crippen LogP contribution is 2.38. The average molecular weight is 503 g/mol. The van der Waals surface area contributed by atoms with Gasteiger partial charge in [0, 0.05) is 21.4 Å². The third-order valence-corrected chi connectivity index (χ3v) is 6.81. The molecule has 0 radical (unpaired) electrons. The van der Waals surface area contributed by atoms with E-state index in [-0.39, 0.29) is 11.9 Å². The van der Waals surface area contributed by atoms with Crippen LogP contribution in [0, 0.1) is 6.92 Å². The van der Waals surface area contributed by atoms with Gasteiger partial charge < -0.3 is 10.6 Å². The summed E-state index contributed by atoms with van der Waals surface area (Å²) in [6, 6.07) is 21.2. The molecule has 0 saturated carbocycles. The summed E-state index contributed by atoms with van der Waals surface area (Å²) < 4.78 is 1.80. The molecule has 1 aromatic heterocycles. The molecule has 5 nitrogen and oxygen atoms in total. The number of rotatable bonds is 5. The van der Waals surface area contributed by atoms with Crippen LogP contribution < -0.4 is 10.6 Å². The summed E-state index contributed by atoms with van der Waals surface area (Å²) >= 11 is 12.7. The summed E-state index contributed by atoms with van der Waals surface area (Å²) in [7, 11) is 0. The van der Waals surface area contributed by atoms with Gasteiger partial charge in [-0.1, -0.05) is 78.7 Å². The van der Waals surface area contributed by atoms with Crippen LogP contribution >= 0.6 is 23.2 Å². The summed E-state index contributed by atoms with van der Waals surface area (Å²) in [5.41, 5.74) is 6.07. The molecule has 4 aromatic rings. The molecule has 2 heterocycles. The van der Waals surface area contributed by atoms with E-state index in [1.807, 2.05) is 37.3 Å². The maximum atomic E-state index is 13.4. The van der Waals surface area contributed by atoms with Crippen LogP contribution in [0.3, 0.4) is 0 Å². The first-order valence-corrected chi connectivity index (χ1v) is 12.2. The van der Waals surface area contributed by atoms with Gasteiger partial charge in [-0.3, -0.25) is 4.79 Å². The Morgan fingerprint density at radius 1 is 1.09 bits per heavy atom. The molecule has 2 N–H and O–H groups in total. The molecular weight excluding hydrogens is 479 g/mol. The van der Waals surface area contributed by atoms with Crippen molar-refractivity contribution in [3.8, 4) is 0 Å². The Balaban J connectivity index is 1.57. The van der Waals surface area contributed by atoms with Crippen molar-refractivity contribution >= 4 is 46.3 Å². The lowest BCUT2D eigenvalue weighted by Gasteiger charge is -2.27. The van der Waals surface area contributed by atoms with Gasteiger partial charge in [0.05, 0.1) is 6.20 Å². The Hall–Kier alpha value is -3.54. The quantitative estimate of drug-likeness (QED) is 0.299. The number of nitrogens with zero attached hydrogens (tertiary/aromatic N) is 2. The van der Waals surface area contributed by atoms with Gasteiger partial charge in [0.15, 0.2) is 0 Å². The Morgan fingerprint density at radius 3 is 2.60 bits per heavy atom. The number of carbonyl (C=O) groups excluding carboxylic acids is 1. The zero-order chi connectivity index (χ0) is 24.5. The Kier molecular flexibility index (Phi) is 6.37. The first-order chi connectivity index (χ1) is 16.9. The molecule has 176 valence electrons. The van der Waals surface area contributed by atoms with Crippen LogP contribution in [0.1, 0.15) is 45.6 Å². The third kappa shape index (κ3) is 4.57. The van der Waals surface area contributed by atoms with E-state index in [0.717, 1.165) is 28.8 Å². The maximum absolute atomic E-state index is 13.4. The number of aromatic nitrogens is 2. The minimum absolute atomic E-state index is 0.274. The summed E-state index contributed by atoms with van der Waals surface area (Å²) in [5, 5.41) is 12.2. The minimum Gasteiger partial charge on any atom is -0.339 e. The predicted octanol–water partition coefficient (Wildman–Crippen LogP) is 7.37. The molecular formula is C28H24Cl2N4O. The molecule has 1 atom stereocenters. The molecule has 35 heavy (non-hydrogen) atoms. The second-order valence-electron chi connectivity index (χ2n) is 8.49. The van der Waals surface area contributed by atoms with Crippen molar-refractivity contribution in [2.45, 2.75) is 26.3 Å². The highest BCUT2D eigenvalue weighted by Gasteiger charge is 2.29. The fourth-order valence-electron chi connectivity index (χ4n) is 4.21. The van der Waals surface area contributed by atoms with E-state index in [4.69, 9.17) is 23.2 Å². The number of fused-ring (bicyclic) bond motifs is 1. The molecule has 0 unspecified atom stereocenters. The van der Waals surface area contributed by atoms with Crippen LogP contribution in [0.5, 0.6) is 0 Å². The number of anilines is 2. The van der Waals surface area contributed by atoms with Crippen LogP contribution in [0.4, 0.5) is 11.5 Å². The summed E-state index contributed by atoms with van der Waals surface area (Å²) in [4.78, 5) is 13.4. The molecule has 0 bridgehead atoms. The van der Waals surface area contributed by atoms with Crippen LogP contribution in [0.2, 0.25) is 10.0 Å². The van der Waals surface area contributed by atoms with Crippen LogP contribution in [0.15, 0.2) is 79.0 Å². The number of nitrogens with one attached hydrogen (secondary N) is 2. The summed E-state index contributed by atoms with van der Waals surface area (Å²) in [6.07, 6.45) is 4.64. The number of benzene rings is 3. The Bertz CT molecular complexity index is 1440. The van der Waals surface area contributed by atoms with Gasteiger partial charge in [-0.2, -0.15) is 5.10 Å². The minimum atomic E-state index is -0.282. The van der Waals surface area contributed by atoms with E-state index < -0.39 is 0 Å². The maximum Gasteiger partial charge on any atom is 0.261 e. The highest BCUT2D eigenvalue weighted by molar-refractivity contribution is 6.31. The molecule has 0 fully saturated rings. The second kappa shape index (κ2) is 9.61. The van der Waals surface area contributed by atoms with Gasteiger partial charge in [-0.15, -0.1) is 0 Å². The zero-order valence-corrected chi connectivity index (χ0v) is 20.9. The van der Waals surface area contributed by atoms with Gasteiger partial charge >= 0.3 is 0 Å². The van der Waals surface area contributed by atoms with E-state index in [9.17, 15) is 4.79 Å². The van der Waals surface area contributed by atoms with Crippen molar-refractivity contribution in [3.05, 3.63) is 117 Å². The number of hydrogen-bond acceptors (Lipinski definition) is 3. The number of amides is 1. The SMILES string of the molecule is CCc1ccc(C2=C[C@@H](c3ccccc3Cl)n3ncc(C(=O)Nc4cc(Cl)ccc4C)c3N2)cc1. The normalized spacial score (nSPS) is 14.6. The molecule has 1 aliphatic heterocycles. The van der Waals surface area contributed by atoms with Gasteiger partial charge in [0.1, 0.15) is 17.4 Å². The van der Waals surface area contributed by atoms with Gasteiger partial charge in [0.2, 0.25) is 0 Å². The largest absolute Gasteiger partial charge is 0.339 e. The summed E-state index contributed by atoms with van der Waals surface area (Å²) in [6.45, 7) is 4.05. The molecule has 7 heteroatoms. The van der Waals surface area contributed by atoms with Gasteiger partial charge in [-0.25, -0.2) is 4.68 Å². The average Bonchev–Trinajstić information content (AvgIpc) is 3.30. The second-order valence-corrected chi connectivity index (χ2v) is 9.33. The molecule has 0 spiro atoms. The van der Waals surface area contributed by atoms with Gasteiger partial charge in [-0.05, 0) is 59.9 Å². The molecule has 1 aliphatic rings. The molecule has 0 aliphatic carbocycles. The van der Waals surface area contributed by atoms with E-state index in [2.05, 4.69) is 53.0 Å². The topological polar surface area (TPSA) is 59.0 Å². The van der Waals surface area contributed by atoms with Crippen LogP contribution in [-0.2, 0) is 6.42 Å². The van der Waals surface area contributed by atoms with E-state index in [1.165, 1.54) is 5.56 Å². The van der Waals surface area contributed by atoms with E-state index in [1.54, 1.807) is 23.0 Å². The molecule has 3 aromatic carbocycles. The number of halogens is 2. The number of carbonyl (C=O) groups is 1. The third-order valence-electron chi connectivity index (χ3n) is 6.23. The Morgan fingerprint density at radius 2 is 1.86 bits per heavy atom. The van der Waals surface area contributed by atoms with Crippen molar-refractivity contribution < 1.29 is 4.79 Å². The van der Waals surface area contributed by atoms with E-state index >= 15 is 0 Å². The first kappa shape index (κ1) is 23.2. The fourth-order valence-corrected chi connectivity index (χ4v) is 4.62. The van der Waals surface area contributed by atoms with Gasteiger partial charge in [0.25, 0.3) is 5.91 Å². The Labute approximate surface area is 214 Å².